The van der Waals surface area contributed by atoms with Gasteiger partial charge in [0.2, 0.25) is 0 Å². The lowest BCUT2D eigenvalue weighted by Gasteiger charge is -2.16. The summed E-state index contributed by atoms with van der Waals surface area (Å²) in [5.74, 6) is -2.81. The number of fused-ring (bicyclic) bond motifs is 1. The highest BCUT2D eigenvalue weighted by atomic mass is 19.1. The van der Waals surface area contributed by atoms with Crippen molar-refractivity contribution in [3.05, 3.63) is 94.3 Å². The number of carbonyl (C=O) groups is 4. The van der Waals surface area contributed by atoms with Crippen molar-refractivity contribution in [2.24, 2.45) is 0 Å². The minimum absolute atomic E-state index is 0.0141. The van der Waals surface area contributed by atoms with Gasteiger partial charge in [-0.3, -0.25) is 19.3 Å². The normalized spacial score (nSPS) is 12.4. The summed E-state index contributed by atoms with van der Waals surface area (Å²) in [6.07, 6.45) is 0. The molecule has 36 heavy (non-hydrogen) atoms. The van der Waals surface area contributed by atoms with Crippen LogP contribution >= 0.6 is 0 Å². The van der Waals surface area contributed by atoms with Crippen molar-refractivity contribution in [3.63, 3.8) is 0 Å². The number of hydrogen-bond acceptors (Lipinski definition) is 7. The standard InChI is InChI=1S/C27H22FNO7/c1-3-35-23-10-8-16(14-29-25(31)18-6-4-5-7-19(18)26(29)32)12-20(23)27(33)36-15-22(30)17-9-11-24(34-2)21(28)13-17/h4-13H,3,14-15H2,1-2H3. The zero-order valence-electron chi connectivity index (χ0n) is 19.6. The van der Waals surface area contributed by atoms with Crippen LogP contribution in [0.15, 0.2) is 60.7 Å². The molecule has 0 saturated heterocycles. The fourth-order valence-electron chi connectivity index (χ4n) is 3.81. The van der Waals surface area contributed by atoms with Gasteiger partial charge in [0.15, 0.2) is 24.0 Å². The van der Waals surface area contributed by atoms with E-state index in [1.54, 1.807) is 37.3 Å². The molecule has 0 atom stereocenters. The molecule has 3 aromatic carbocycles. The number of hydrogen-bond donors (Lipinski definition) is 0. The zero-order valence-corrected chi connectivity index (χ0v) is 19.6. The predicted octanol–water partition coefficient (Wildman–Crippen LogP) is 4.07. The third-order valence-corrected chi connectivity index (χ3v) is 5.59. The van der Waals surface area contributed by atoms with E-state index in [0.29, 0.717) is 16.7 Å². The maximum atomic E-state index is 13.9. The summed E-state index contributed by atoms with van der Waals surface area (Å²) in [6.45, 7) is 1.31. The van der Waals surface area contributed by atoms with E-state index in [2.05, 4.69) is 0 Å². The molecule has 0 N–H and O–H groups in total. The molecule has 1 heterocycles. The molecule has 4 rings (SSSR count). The van der Waals surface area contributed by atoms with Gasteiger partial charge in [0.05, 0.1) is 31.4 Å². The minimum Gasteiger partial charge on any atom is -0.494 e. The van der Waals surface area contributed by atoms with Gasteiger partial charge in [-0.05, 0) is 55.0 Å². The van der Waals surface area contributed by atoms with Crippen LogP contribution in [0.1, 0.15) is 53.9 Å². The lowest BCUT2D eigenvalue weighted by atomic mass is 10.1. The average Bonchev–Trinajstić information content (AvgIpc) is 3.12. The molecule has 1 aliphatic heterocycles. The van der Waals surface area contributed by atoms with Crippen molar-refractivity contribution in [2.45, 2.75) is 13.5 Å². The third-order valence-electron chi connectivity index (χ3n) is 5.59. The van der Waals surface area contributed by atoms with Crippen molar-refractivity contribution in [2.75, 3.05) is 20.3 Å². The fourth-order valence-corrected chi connectivity index (χ4v) is 3.81. The van der Waals surface area contributed by atoms with E-state index in [1.807, 2.05) is 0 Å². The first-order valence-corrected chi connectivity index (χ1v) is 11.1. The lowest BCUT2D eigenvalue weighted by molar-refractivity contribution is 0.0470. The minimum atomic E-state index is -0.843. The second kappa shape index (κ2) is 10.4. The second-order valence-electron chi connectivity index (χ2n) is 7.85. The quantitative estimate of drug-likeness (QED) is 0.253. The number of ketones is 1. The summed E-state index contributed by atoms with van der Waals surface area (Å²) in [4.78, 5) is 51.7. The van der Waals surface area contributed by atoms with Crippen molar-refractivity contribution >= 4 is 23.6 Å². The van der Waals surface area contributed by atoms with Gasteiger partial charge in [0.1, 0.15) is 11.3 Å². The maximum absolute atomic E-state index is 13.9. The Labute approximate surface area is 206 Å². The number of rotatable bonds is 9. The Morgan fingerprint density at radius 1 is 0.917 bits per heavy atom. The summed E-state index contributed by atoms with van der Waals surface area (Å²) < 4.78 is 29.4. The van der Waals surface area contributed by atoms with Crippen LogP contribution in [0.4, 0.5) is 4.39 Å². The summed E-state index contributed by atoms with van der Waals surface area (Å²) in [6, 6.07) is 14.8. The number of methoxy groups -OCH3 is 1. The number of esters is 1. The molecular weight excluding hydrogens is 469 g/mol. The topological polar surface area (TPSA) is 99.2 Å². The summed E-state index contributed by atoms with van der Waals surface area (Å²) in [7, 11) is 1.31. The van der Waals surface area contributed by atoms with Gasteiger partial charge in [0.25, 0.3) is 11.8 Å². The van der Waals surface area contributed by atoms with Gasteiger partial charge < -0.3 is 14.2 Å². The molecule has 0 saturated carbocycles. The van der Waals surface area contributed by atoms with Crippen LogP contribution in [0.5, 0.6) is 11.5 Å². The molecule has 8 nitrogen and oxygen atoms in total. The second-order valence-corrected chi connectivity index (χ2v) is 7.85. The first kappa shape index (κ1) is 24.6. The Morgan fingerprint density at radius 2 is 1.58 bits per heavy atom. The van der Waals surface area contributed by atoms with Crippen LogP contribution < -0.4 is 9.47 Å². The predicted molar refractivity (Wildman–Crippen MR) is 126 cm³/mol. The van der Waals surface area contributed by atoms with E-state index in [0.717, 1.165) is 11.0 Å². The van der Waals surface area contributed by atoms with Gasteiger partial charge in [-0.2, -0.15) is 0 Å². The Bertz CT molecular complexity index is 1330. The maximum Gasteiger partial charge on any atom is 0.342 e. The molecule has 0 unspecified atom stereocenters. The van der Waals surface area contributed by atoms with Crippen LogP contribution in [0.25, 0.3) is 0 Å². The van der Waals surface area contributed by atoms with Crippen LogP contribution in [0.3, 0.4) is 0 Å². The molecule has 1 aliphatic rings. The zero-order chi connectivity index (χ0) is 25.8. The van der Waals surface area contributed by atoms with Gasteiger partial charge in [-0.25, -0.2) is 9.18 Å². The van der Waals surface area contributed by atoms with Gasteiger partial charge >= 0.3 is 5.97 Å². The summed E-state index contributed by atoms with van der Waals surface area (Å²) in [5.41, 5.74) is 1.18. The third kappa shape index (κ3) is 4.81. The van der Waals surface area contributed by atoms with Crippen molar-refractivity contribution < 1.29 is 37.8 Å². The highest BCUT2D eigenvalue weighted by Crippen LogP contribution is 2.27. The highest BCUT2D eigenvalue weighted by Gasteiger charge is 2.35. The van der Waals surface area contributed by atoms with Crippen molar-refractivity contribution in [3.8, 4) is 11.5 Å². The van der Waals surface area contributed by atoms with Crippen LogP contribution in [0.2, 0.25) is 0 Å². The van der Waals surface area contributed by atoms with Gasteiger partial charge in [0, 0.05) is 5.56 Å². The highest BCUT2D eigenvalue weighted by molar-refractivity contribution is 6.21. The molecule has 0 bridgehead atoms. The molecular formula is C27H22FNO7. The fraction of sp³-hybridized carbons (Fsp3) is 0.185. The van der Waals surface area contributed by atoms with Crippen LogP contribution in [-0.4, -0.2) is 48.8 Å². The Kier molecular flexibility index (Phi) is 7.10. The molecule has 0 aliphatic carbocycles. The summed E-state index contributed by atoms with van der Waals surface area (Å²) >= 11 is 0. The smallest absolute Gasteiger partial charge is 0.342 e. The Hall–Kier alpha value is -4.53. The lowest BCUT2D eigenvalue weighted by Crippen LogP contribution is -2.29. The number of Topliss-reactive ketones (excluding diaryl/α,β-unsaturated/α-hetero) is 1. The Morgan fingerprint density at radius 3 is 2.19 bits per heavy atom. The van der Waals surface area contributed by atoms with Crippen molar-refractivity contribution in [1.82, 2.24) is 4.90 Å². The van der Waals surface area contributed by atoms with Crippen LogP contribution in [-0.2, 0) is 11.3 Å². The van der Waals surface area contributed by atoms with Gasteiger partial charge in [-0.1, -0.05) is 18.2 Å². The largest absolute Gasteiger partial charge is 0.494 e. The number of carbonyl (C=O) groups excluding carboxylic acids is 4. The molecule has 9 heteroatoms. The van der Waals surface area contributed by atoms with E-state index in [-0.39, 0.29) is 35.8 Å². The monoisotopic (exact) mass is 491 g/mol. The van der Waals surface area contributed by atoms with E-state index < -0.39 is 36.0 Å². The number of nitrogens with zero attached hydrogens (tertiary/aromatic N) is 1. The summed E-state index contributed by atoms with van der Waals surface area (Å²) in [5, 5.41) is 0. The number of benzene rings is 3. The van der Waals surface area contributed by atoms with Crippen LogP contribution in [0, 0.1) is 5.82 Å². The molecule has 184 valence electrons. The van der Waals surface area contributed by atoms with E-state index in [4.69, 9.17) is 14.2 Å². The first-order valence-electron chi connectivity index (χ1n) is 11.1. The van der Waals surface area contributed by atoms with Gasteiger partial charge in [-0.15, -0.1) is 0 Å². The van der Waals surface area contributed by atoms with E-state index in [9.17, 15) is 23.6 Å². The Balaban J connectivity index is 1.50. The molecule has 0 aromatic heterocycles. The number of amides is 2. The van der Waals surface area contributed by atoms with E-state index in [1.165, 1.54) is 31.4 Å². The molecule has 0 spiro atoms. The van der Waals surface area contributed by atoms with E-state index >= 15 is 0 Å². The van der Waals surface area contributed by atoms with Crippen molar-refractivity contribution in [1.29, 1.82) is 0 Å². The molecule has 2 amide bonds. The number of halogens is 1. The molecule has 3 aromatic rings. The average molecular weight is 491 g/mol. The first-order chi connectivity index (χ1) is 17.3. The molecule has 0 radical (unpaired) electrons. The SMILES string of the molecule is CCOc1ccc(CN2C(=O)c3ccccc3C2=O)cc1C(=O)OCC(=O)c1ccc(OC)c(F)c1. The number of ether oxygens (including phenoxy) is 3. The molecule has 0 fully saturated rings. The number of imide groups is 1.